The Morgan fingerprint density at radius 2 is 0.598 bits per heavy atom. The summed E-state index contributed by atoms with van der Waals surface area (Å²) < 4.78 is 12.8. The normalized spacial score (nSPS) is 12.0. The van der Waals surface area contributed by atoms with Gasteiger partial charge in [0.05, 0.1) is 11.5 Å². The predicted octanol–water partition coefficient (Wildman–Crippen LogP) is 21.5. The van der Waals surface area contributed by atoms with E-state index in [9.17, 15) is 61.3 Å². The van der Waals surface area contributed by atoms with Crippen LogP contribution in [-0.4, -0.2) is 61.3 Å². The second kappa shape index (κ2) is 21.8. The molecule has 0 atom stereocenters. The molecule has 12 N–H and O–H groups in total. The van der Waals surface area contributed by atoms with Crippen LogP contribution in [-0.2, 0) is 0 Å². The van der Waals surface area contributed by atoms with Crippen LogP contribution in [0.15, 0.2) is 215 Å². The van der Waals surface area contributed by atoms with E-state index in [0.29, 0.717) is 71.5 Å². The number of aromatic hydroxyl groups is 12. The SMILES string of the molecule is [CH2-]c1c(O)c(O)c(C)c2c(-c3cccc(-c4ccc5ccc(-c6ccc7c(c6)oc6ccc(-c8c9c([CH2-])c(O)c(O)c(C)c9c(-c9cccc(-c%10cccc%11ccccc%10%11)c9)c9c(O)c(O)c(O)c(O)c89)cc67)cc5c4)c3)c3c(O)c(O)c(O)c(O)c3c(-c3ccc4oc5ccccc5c4c3)c12. The number of fused-ring (bicyclic) bond motifs is 12. The first-order valence-corrected chi connectivity index (χ1v) is 32.7. The first-order valence-electron chi connectivity index (χ1n) is 32.7. The van der Waals surface area contributed by atoms with E-state index in [2.05, 4.69) is 19.9 Å². The summed E-state index contributed by atoms with van der Waals surface area (Å²) in [6, 6.07) is 65.2. The Morgan fingerprint density at radius 3 is 1.14 bits per heavy atom. The van der Waals surface area contributed by atoms with E-state index in [1.807, 2.05) is 170 Å². The average molecular weight is 1340 g/mol. The molecule has 0 bridgehead atoms. The molecule has 0 unspecified atom stereocenters. The summed E-state index contributed by atoms with van der Waals surface area (Å²) in [6.07, 6.45) is 0. The highest BCUT2D eigenvalue weighted by Crippen LogP contribution is 2.62. The quantitative estimate of drug-likeness (QED) is 0.0306. The van der Waals surface area contributed by atoms with Crippen LogP contribution in [0.4, 0.5) is 0 Å². The number of phenols is 12. The van der Waals surface area contributed by atoms with Crippen molar-refractivity contribution in [2.45, 2.75) is 13.8 Å². The standard InChI is InChI=1S/C88H56O14/c1-39-65-67(41(3)79(91)77(39)89)71(52-27-30-62-59(36-52)57-19-7-8-21-61(57)101-62)75-73(81(93)85(97)87(99)83(75)95)69(65)50-16-9-14-45(32-50)46-24-22-43-23-25-47(34-54(43)33-46)48-26-29-58-60-37-53(28-31-63(60)102-64(58)38-48)72-68-42(4)80(92)78(90)40(2)66(68)70(74-76(72)84(96)88(100)86(98)82(74)94)51-17-10-15-49(35-51)56-20-11-13-44-12-5-6-18-55(44)56/h5-38,89-100H,3-4H2,1-2H3/q-2. The molecule has 102 heavy (non-hydrogen) atoms. The van der Waals surface area contributed by atoms with E-state index in [4.69, 9.17) is 8.83 Å². The van der Waals surface area contributed by atoms with Gasteiger partial charge in [-0.1, -0.05) is 161 Å². The fourth-order valence-corrected chi connectivity index (χ4v) is 15.8. The van der Waals surface area contributed by atoms with Crippen molar-refractivity contribution in [3.8, 4) is 147 Å². The minimum atomic E-state index is -0.970. The monoisotopic (exact) mass is 1340 g/mol. The van der Waals surface area contributed by atoms with Crippen LogP contribution >= 0.6 is 0 Å². The molecule has 0 aliphatic carbocycles. The molecule has 2 aromatic heterocycles. The maximum atomic E-state index is 12.2. The van der Waals surface area contributed by atoms with Crippen molar-refractivity contribution in [1.29, 1.82) is 0 Å². The Labute approximate surface area is 578 Å². The molecule has 0 saturated heterocycles. The highest BCUT2D eigenvalue weighted by atomic mass is 16.4. The Bertz CT molecular complexity index is 6670. The fraction of sp³-hybridized carbons (Fsp3) is 0.0227. The minimum absolute atomic E-state index is 0.000204. The van der Waals surface area contributed by atoms with Crippen LogP contribution in [0, 0.1) is 27.7 Å². The number of furan rings is 2. The molecule has 0 fully saturated rings. The third-order valence-electron chi connectivity index (χ3n) is 20.7. The lowest BCUT2D eigenvalue weighted by Gasteiger charge is -2.28. The molecule has 2 heterocycles. The molecular formula is C88H56O14-2. The molecule has 14 heteroatoms. The lowest BCUT2D eigenvalue weighted by molar-refractivity contribution is 0.351. The number of hydrogen-bond donors (Lipinski definition) is 12. The molecule has 0 radical (unpaired) electrons. The van der Waals surface area contributed by atoms with Crippen molar-refractivity contribution in [3.05, 3.63) is 242 Å². The fourth-order valence-electron chi connectivity index (χ4n) is 15.8. The predicted molar refractivity (Wildman–Crippen MR) is 402 cm³/mol. The molecule has 18 aromatic rings. The molecule has 0 saturated carbocycles. The van der Waals surface area contributed by atoms with E-state index in [1.54, 1.807) is 44.2 Å². The third kappa shape index (κ3) is 8.47. The molecule has 14 nitrogen and oxygen atoms in total. The molecular weight excluding hydrogens is 1280 g/mol. The summed E-state index contributed by atoms with van der Waals surface area (Å²) in [6.45, 7) is 11.8. The second-order valence-electron chi connectivity index (χ2n) is 26.2. The Balaban J connectivity index is 0.759. The molecule has 16 aromatic carbocycles. The molecule has 0 spiro atoms. The van der Waals surface area contributed by atoms with Gasteiger partial charge in [-0.15, -0.1) is 21.9 Å². The van der Waals surface area contributed by atoms with Crippen LogP contribution in [0.25, 0.3) is 186 Å². The first kappa shape index (κ1) is 60.4. The number of benzene rings is 16. The smallest absolute Gasteiger partial charge is 0.204 e. The number of phenolic OH excluding ortho intramolecular Hbond substituents is 12. The van der Waals surface area contributed by atoms with Crippen molar-refractivity contribution in [3.63, 3.8) is 0 Å². The summed E-state index contributed by atoms with van der Waals surface area (Å²) in [7, 11) is 0. The van der Waals surface area contributed by atoms with E-state index < -0.39 is 69.0 Å². The zero-order chi connectivity index (χ0) is 70.3. The first-order chi connectivity index (χ1) is 49.3. The van der Waals surface area contributed by atoms with Gasteiger partial charge in [0.15, 0.2) is 23.0 Å². The van der Waals surface area contributed by atoms with E-state index in [0.717, 1.165) is 71.1 Å². The Kier molecular flexibility index (Phi) is 12.9. The highest BCUT2D eigenvalue weighted by molar-refractivity contribution is 6.30. The molecule has 0 aliphatic rings. The minimum Gasteiger partial charge on any atom is -0.561 e. The van der Waals surface area contributed by atoms with Gasteiger partial charge in [-0.3, -0.25) is 0 Å². The number of para-hydroxylation sites is 1. The summed E-state index contributed by atoms with van der Waals surface area (Å²) in [5, 5.41) is 149. The largest absolute Gasteiger partial charge is 0.561 e. The lowest BCUT2D eigenvalue weighted by Crippen LogP contribution is -1.97. The van der Waals surface area contributed by atoms with E-state index >= 15 is 0 Å². The zero-order valence-corrected chi connectivity index (χ0v) is 54.2. The summed E-state index contributed by atoms with van der Waals surface area (Å²) in [4.78, 5) is 0. The van der Waals surface area contributed by atoms with Crippen molar-refractivity contribution >= 4 is 109 Å². The number of hydrogen-bond acceptors (Lipinski definition) is 14. The zero-order valence-electron chi connectivity index (χ0n) is 54.2. The maximum absolute atomic E-state index is 12.2. The molecule has 0 amide bonds. The van der Waals surface area contributed by atoms with Crippen molar-refractivity contribution in [2.24, 2.45) is 0 Å². The van der Waals surface area contributed by atoms with Crippen molar-refractivity contribution < 1.29 is 70.1 Å². The van der Waals surface area contributed by atoms with Crippen molar-refractivity contribution in [1.82, 2.24) is 0 Å². The van der Waals surface area contributed by atoms with E-state index in [1.165, 1.54) is 0 Å². The average Bonchev–Trinajstić information content (AvgIpc) is 0.803. The van der Waals surface area contributed by atoms with E-state index in [-0.39, 0.29) is 66.1 Å². The van der Waals surface area contributed by atoms with Gasteiger partial charge < -0.3 is 70.1 Å². The number of aryl methyl sites for hydroxylation is 2. The van der Waals surface area contributed by atoms with Crippen LogP contribution < -0.4 is 0 Å². The summed E-state index contributed by atoms with van der Waals surface area (Å²) in [5.41, 5.74) is 10.5. The topological polar surface area (TPSA) is 269 Å². The Hall–Kier alpha value is -14.0. The van der Waals surface area contributed by atoms with Gasteiger partial charge in [0, 0.05) is 43.1 Å². The highest BCUT2D eigenvalue weighted by Gasteiger charge is 2.31. The van der Waals surface area contributed by atoms with Gasteiger partial charge in [-0.05, 0) is 180 Å². The van der Waals surface area contributed by atoms with Crippen LogP contribution in [0.5, 0.6) is 69.0 Å². The third-order valence-corrected chi connectivity index (χ3v) is 20.7. The van der Waals surface area contributed by atoms with Gasteiger partial charge in [-0.25, -0.2) is 0 Å². The van der Waals surface area contributed by atoms with Gasteiger partial charge in [0.2, 0.25) is 23.0 Å². The Morgan fingerprint density at radius 1 is 0.225 bits per heavy atom. The summed E-state index contributed by atoms with van der Waals surface area (Å²) in [5.74, 6) is -8.74. The molecule has 494 valence electrons. The van der Waals surface area contributed by atoms with Gasteiger partial charge in [0.25, 0.3) is 0 Å². The molecule has 18 rings (SSSR count). The van der Waals surface area contributed by atoms with Crippen molar-refractivity contribution in [2.75, 3.05) is 0 Å². The second-order valence-corrected chi connectivity index (χ2v) is 26.2. The van der Waals surface area contributed by atoms with Gasteiger partial charge in [-0.2, -0.15) is 13.8 Å². The van der Waals surface area contributed by atoms with Crippen LogP contribution in [0.2, 0.25) is 0 Å². The maximum Gasteiger partial charge on any atom is 0.204 e. The van der Waals surface area contributed by atoms with Gasteiger partial charge >= 0.3 is 0 Å². The summed E-state index contributed by atoms with van der Waals surface area (Å²) >= 11 is 0. The van der Waals surface area contributed by atoms with Crippen LogP contribution in [0.3, 0.4) is 0 Å². The molecule has 0 aliphatic heterocycles. The lowest BCUT2D eigenvalue weighted by atomic mass is 9.80. The van der Waals surface area contributed by atoms with Crippen LogP contribution in [0.1, 0.15) is 22.3 Å². The number of rotatable bonds is 7. The van der Waals surface area contributed by atoms with Gasteiger partial charge in [0.1, 0.15) is 33.8 Å².